The van der Waals surface area contributed by atoms with Gasteiger partial charge in [0, 0.05) is 32.6 Å². The number of thiazole rings is 1. The second kappa shape index (κ2) is 9.42. The number of aromatic nitrogens is 1. The van der Waals surface area contributed by atoms with E-state index < -0.39 is 0 Å². The van der Waals surface area contributed by atoms with E-state index in [4.69, 9.17) is 0 Å². The molecule has 0 aliphatic heterocycles. The second-order valence-electron chi connectivity index (χ2n) is 6.40. The van der Waals surface area contributed by atoms with Crippen molar-refractivity contribution in [2.24, 2.45) is 4.99 Å². The van der Waals surface area contributed by atoms with E-state index in [0.29, 0.717) is 12.5 Å². The lowest BCUT2D eigenvalue weighted by molar-refractivity contribution is 0.699. The number of hydrogen-bond donors (Lipinski definition) is 2. The lowest BCUT2D eigenvalue weighted by Gasteiger charge is -2.16. The highest BCUT2D eigenvalue weighted by atomic mass is 32.1. The average molecular weight is 360 g/mol. The number of nitrogens with one attached hydrogen (secondary N) is 2. The van der Waals surface area contributed by atoms with Crippen LogP contribution in [0.4, 0.5) is 5.13 Å². The molecular formula is C19H29N5S. The molecular weight excluding hydrogens is 330 g/mol. The third-order valence-electron chi connectivity index (χ3n) is 3.89. The van der Waals surface area contributed by atoms with Gasteiger partial charge in [0.1, 0.15) is 0 Å². The molecule has 136 valence electrons. The van der Waals surface area contributed by atoms with Crippen LogP contribution in [-0.4, -0.2) is 38.1 Å². The predicted octanol–water partition coefficient (Wildman–Crippen LogP) is 3.38. The lowest BCUT2D eigenvalue weighted by atomic mass is 10.0. The fourth-order valence-corrected chi connectivity index (χ4v) is 3.09. The molecule has 0 radical (unpaired) electrons. The van der Waals surface area contributed by atoms with Crippen molar-refractivity contribution in [3.05, 3.63) is 46.5 Å². The van der Waals surface area contributed by atoms with Crippen molar-refractivity contribution >= 4 is 22.4 Å². The number of anilines is 1. The summed E-state index contributed by atoms with van der Waals surface area (Å²) in [5, 5.41) is 9.82. The van der Waals surface area contributed by atoms with E-state index in [1.54, 1.807) is 11.3 Å². The van der Waals surface area contributed by atoms with Crippen LogP contribution in [0.3, 0.4) is 0 Å². The minimum absolute atomic E-state index is 0.420. The third-order valence-corrected chi connectivity index (χ3v) is 4.94. The highest BCUT2D eigenvalue weighted by molar-refractivity contribution is 7.13. The van der Waals surface area contributed by atoms with Crippen molar-refractivity contribution in [3.8, 4) is 0 Å². The molecule has 0 aliphatic rings. The molecule has 2 rings (SSSR count). The number of rotatable bonds is 7. The molecule has 0 saturated heterocycles. The van der Waals surface area contributed by atoms with Crippen LogP contribution in [0, 0.1) is 6.92 Å². The van der Waals surface area contributed by atoms with E-state index in [0.717, 1.165) is 29.9 Å². The molecule has 0 fully saturated rings. The van der Waals surface area contributed by atoms with E-state index >= 15 is 0 Å². The molecule has 1 unspecified atom stereocenters. The smallest absolute Gasteiger partial charge is 0.191 e. The van der Waals surface area contributed by atoms with Crippen LogP contribution in [0.2, 0.25) is 0 Å². The number of benzene rings is 1. The van der Waals surface area contributed by atoms with Crippen molar-refractivity contribution in [2.75, 3.05) is 32.1 Å². The first-order valence-corrected chi connectivity index (χ1v) is 9.58. The molecule has 2 aromatic rings. The highest BCUT2D eigenvalue weighted by Gasteiger charge is 2.07. The van der Waals surface area contributed by atoms with E-state index in [-0.39, 0.29) is 0 Å². The van der Waals surface area contributed by atoms with E-state index in [9.17, 15) is 0 Å². The number of hydrogen-bond acceptors (Lipinski definition) is 4. The average Bonchev–Trinajstić information content (AvgIpc) is 3.07. The Bertz CT molecular complexity index is 675. The third kappa shape index (κ3) is 6.05. The normalized spacial score (nSPS) is 12.8. The number of aliphatic imine (C=N–C) groups is 1. The monoisotopic (exact) mass is 359 g/mol. The van der Waals surface area contributed by atoms with E-state index in [1.807, 2.05) is 19.0 Å². The first-order valence-electron chi connectivity index (χ1n) is 8.70. The van der Waals surface area contributed by atoms with Gasteiger partial charge in [0.05, 0.1) is 12.2 Å². The molecule has 1 atom stereocenters. The van der Waals surface area contributed by atoms with Gasteiger partial charge in [-0.15, -0.1) is 11.3 Å². The minimum Gasteiger partial charge on any atom is -0.357 e. The number of aryl methyl sites for hydroxylation is 1. The topological polar surface area (TPSA) is 52.6 Å². The van der Waals surface area contributed by atoms with Gasteiger partial charge in [-0.2, -0.15) is 0 Å². The van der Waals surface area contributed by atoms with Gasteiger partial charge >= 0.3 is 0 Å². The Morgan fingerprint density at radius 2 is 1.96 bits per heavy atom. The van der Waals surface area contributed by atoms with Gasteiger partial charge in [0.15, 0.2) is 11.1 Å². The summed E-state index contributed by atoms with van der Waals surface area (Å²) >= 11 is 1.64. The molecule has 1 aromatic heterocycles. The first-order chi connectivity index (χ1) is 12.0. The summed E-state index contributed by atoms with van der Waals surface area (Å²) in [6, 6.07) is 8.72. The first kappa shape index (κ1) is 19.2. The van der Waals surface area contributed by atoms with Crippen molar-refractivity contribution in [1.29, 1.82) is 0 Å². The summed E-state index contributed by atoms with van der Waals surface area (Å²) in [5.41, 5.74) is 3.63. The Kier molecular flexibility index (Phi) is 7.25. The van der Waals surface area contributed by atoms with E-state index in [2.05, 4.69) is 71.0 Å². The van der Waals surface area contributed by atoms with Crippen LogP contribution in [0.25, 0.3) is 0 Å². The standard InChI is InChI=1S/C19H29N5S/c1-6-20-18(22-12-17-13-25-19(23-17)24(4)5)21-11-15(3)16-9-7-14(2)8-10-16/h7-10,13,15H,6,11-12H2,1-5H3,(H2,20,21,22). The molecule has 0 amide bonds. The zero-order chi connectivity index (χ0) is 18.2. The van der Waals surface area contributed by atoms with Crippen LogP contribution in [0.5, 0.6) is 0 Å². The van der Waals surface area contributed by atoms with Gasteiger partial charge in [-0.25, -0.2) is 9.98 Å². The van der Waals surface area contributed by atoms with Gasteiger partial charge in [-0.05, 0) is 25.3 Å². The molecule has 25 heavy (non-hydrogen) atoms. The SMILES string of the molecule is CCNC(=NCc1csc(N(C)C)n1)NCC(C)c1ccc(C)cc1. The molecule has 1 heterocycles. The molecule has 6 heteroatoms. The Morgan fingerprint density at radius 3 is 2.56 bits per heavy atom. The predicted molar refractivity (Wildman–Crippen MR) is 109 cm³/mol. The molecule has 1 aromatic carbocycles. The Balaban J connectivity index is 1.93. The van der Waals surface area contributed by atoms with Gasteiger partial charge in [-0.3, -0.25) is 0 Å². The van der Waals surface area contributed by atoms with Gasteiger partial charge in [-0.1, -0.05) is 36.8 Å². The Morgan fingerprint density at radius 1 is 1.24 bits per heavy atom. The molecule has 0 aliphatic carbocycles. The van der Waals surface area contributed by atoms with E-state index in [1.165, 1.54) is 11.1 Å². The van der Waals surface area contributed by atoms with Gasteiger partial charge in [0.25, 0.3) is 0 Å². The quantitative estimate of drug-likeness (QED) is 0.588. The van der Waals surface area contributed by atoms with Crippen molar-refractivity contribution in [3.63, 3.8) is 0 Å². The maximum atomic E-state index is 4.66. The maximum absolute atomic E-state index is 4.66. The summed E-state index contributed by atoms with van der Waals surface area (Å²) in [6.45, 7) is 8.68. The van der Waals surface area contributed by atoms with Crippen LogP contribution in [0.15, 0.2) is 34.6 Å². The Labute approximate surface area is 155 Å². The highest BCUT2D eigenvalue weighted by Crippen LogP contribution is 2.18. The summed E-state index contributed by atoms with van der Waals surface area (Å²) in [4.78, 5) is 11.2. The summed E-state index contributed by atoms with van der Waals surface area (Å²) in [6.07, 6.45) is 0. The number of guanidine groups is 1. The Hall–Kier alpha value is -2.08. The van der Waals surface area contributed by atoms with Crippen molar-refractivity contribution in [1.82, 2.24) is 15.6 Å². The van der Waals surface area contributed by atoms with Gasteiger partial charge < -0.3 is 15.5 Å². The number of nitrogens with zero attached hydrogens (tertiary/aromatic N) is 3. The zero-order valence-electron chi connectivity index (χ0n) is 15.8. The lowest BCUT2D eigenvalue weighted by Crippen LogP contribution is -2.39. The largest absolute Gasteiger partial charge is 0.357 e. The maximum Gasteiger partial charge on any atom is 0.191 e. The summed E-state index contributed by atoms with van der Waals surface area (Å²) in [5.74, 6) is 1.25. The molecule has 5 nitrogen and oxygen atoms in total. The van der Waals surface area contributed by atoms with Crippen LogP contribution < -0.4 is 15.5 Å². The second-order valence-corrected chi connectivity index (χ2v) is 7.24. The molecule has 2 N–H and O–H groups in total. The van der Waals surface area contributed by atoms with Crippen LogP contribution in [0.1, 0.15) is 36.6 Å². The van der Waals surface area contributed by atoms with Crippen molar-refractivity contribution in [2.45, 2.75) is 33.2 Å². The fraction of sp³-hybridized carbons (Fsp3) is 0.474. The van der Waals surface area contributed by atoms with Crippen LogP contribution >= 0.6 is 11.3 Å². The summed E-state index contributed by atoms with van der Waals surface area (Å²) in [7, 11) is 4.01. The van der Waals surface area contributed by atoms with Crippen molar-refractivity contribution < 1.29 is 0 Å². The summed E-state index contributed by atoms with van der Waals surface area (Å²) < 4.78 is 0. The molecule has 0 spiro atoms. The fourth-order valence-electron chi connectivity index (χ4n) is 2.34. The zero-order valence-corrected chi connectivity index (χ0v) is 16.7. The minimum atomic E-state index is 0.420. The molecule has 0 saturated carbocycles. The van der Waals surface area contributed by atoms with Gasteiger partial charge in [0.2, 0.25) is 0 Å². The van der Waals surface area contributed by atoms with Crippen LogP contribution in [-0.2, 0) is 6.54 Å². The molecule has 0 bridgehead atoms.